The van der Waals surface area contributed by atoms with Gasteiger partial charge in [0.25, 0.3) is 5.56 Å². The predicted molar refractivity (Wildman–Crippen MR) is 118 cm³/mol. The van der Waals surface area contributed by atoms with Gasteiger partial charge in [-0.05, 0) is 31.0 Å². The van der Waals surface area contributed by atoms with Gasteiger partial charge in [0.05, 0.1) is 16.0 Å². The first-order valence-electron chi connectivity index (χ1n) is 9.07. The maximum absolute atomic E-state index is 12.6. The molecule has 150 valence electrons. The highest BCUT2D eigenvalue weighted by Gasteiger charge is 2.19. The van der Waals surface area contributed by atoms with E-state index in [9.17, 15) is 9.59 Å². The molecule has 0 fully saturated rings. The highest BCUT2D eigenvalue weighted by molar-refractivity contribution is 8.00. The van der Waals surface area contributed by atoms with Crippen molar-refractivity contribution in [2.45, 2.75) is 30.3 Å². The molecule has 0 radical (unpaired) electrons. The fourth-order valence-electron chi connectivity index (χ4n) is 2.71. The summed E-state index contributed by atoms with van der Waals surface area (Å²) in [6, 6.07) is 18.3. The van der Waals surface area contributed by atoms with Gasteiger partial charge in [-0.2, -0.15) is 4.98 Å². The van der Waals surface area contributed by atoms with Crippen LogP contribution < -0.4 is 16.6 Å². The normalized spacial score (nSPS) is 11.8. The minimum atomic E-state index is -0.511. The summed E-state index contributed by atoms with van der Waals surface area (Å²) in [5.41, 5.74) is 7.32. The fourth-order valence-corrected chi connectivity index (χ4v) is 3.84. The number of thioether (sulfide) groups is 1. The monoisotopic (exact) mass is 428 g/mol. The number of halogens is 1. The number of nitrogen functional groups attached to an aromatic ring is 1. The average Bonchev–Trinajstić information content (AvgIpc) is 2.69. The molecule has 0 bridgehead atoms. The average molecular weight is 429 g/mol. The SMILES string of the molecule is C[C@H](Sc1nc(=O)cc(N)n1CCc1ccccc1)C(=O)Nc1ccccc1Cl. The number of nitrogens with zero attached hydrogens (tertiary/aromatic N) is 2. The van der Waals surface area contributed by atoms with Crippen molar-refractivity contribution in [1.29, 1.82) is 0 Å². The molecule has 6 nitrogen and oxygen atoms in total. The zero-order valence-corrected chi connectivity index (χ0v) is 17.4. The van der Waals surface area contributed by atoms with Gasteiger partial charge in [0, 0.05) is 12.6 Å². The largest absolute Gasteiger partial charge is 0.385 e. The Morgan fingerprint density at radius 1 is 1.21 bits per heavy atom. The molecule has 1 heterocycles. The van der Waals surface area contributed by atoms with Gasteiger partial charge in [0.15, 0.2) is 5.16 Å². The number of nitrogens with one attached hydrogen (secondary N) is 1. The lowest BCUT2D eigenvalue weighted by Gasteiger charge is -2.17. The quantitative estimate of drug-likeness (QED) is 0.440. The predicted octanol–water partition coefficient (Wildman–Crippen LogP) is 3.84. The van der Waals surface area contributed by atoms with Crippen molar-refractivity contribution >= 4 is 40.8 Å². The number of para-hydroxylation sites is 1. The molecule has 2 aromatic carbocycles. The first kappa shape index (κ1) is 21.0. The number of carbonyl (C=O) groups is 1. The number of aryl methyl sites for hydroxylation is 1. The van der Waals surface area contributed by atoms with Gasteiger partial charge in [0.1, 0.15) is 5.82 Å². The second-order valence-electron chi connectivity index (χ2n) is 6.42. The first-order valence-corrected chi connectivity index (χ1v) is 10.3. The third-order valence-corrected chi connectivity index (χ3v) is 5.69. The van der Waals surface area contributed by atoms with Crippen LogP contribution in [0.15, 0.2) is 70.6 Å². The summed E-state index contributed by atoms with van der Waals surface area (Å²) in [5, 5.41) is 3.16. The standard InChI is InChI=1S/C21H21ClN4O2S/c1-14(20(28)24-17-10-6-5-9-16(17)22)29-21-25-19(27)13-18(23)26(21)12-11-15-7-3-2-4-8-15/h2-10,13-14H,11-12,23H2,1H3,(H,24,28)/t14-/m0/s1. The van der Waals surface area contributed by atoms with Crippen molar-refractivity contribution in [3.8, 4) is 0 Å². The van der Waals surface area contributed by atoms with E-state index in [-0.39, 0.29) is 5.91 Å². The topological polar surface area (TPSA) is 90.0 Å². The molecule has 1 aromatic heterocycles. The van der Waals surface area contributed by atoms with Crippen LogP contribution in [0.4, 0.5) is 11.5 Å². The van der Waals surface area contributed by atoms with Crippen LogP contribution in [0.5, 0.6) is 0 Å². The van der Waals surface area contributed by atoms with Crippen molar-refractivity contribution in [2.75, 3.05) is 11.1 Å². The summed E-state index contributed by atoms with van der Waals surface area (Å²) in [4.78, 5) is 28.6. The maximum atomic E-state index is 12.6. The van der Waals surface area contributed by atoms with E-state index in [0.29, 0.717) is 28.2 Å². The molecule has 0 saturated carbocycles. The van der Waals surface area contributed by atoms with Gasteiger partial charge < -0.3 is 15.6 Å². The number of anilines is 2. The van der Waals surface area contributed by atoms with E-state index in [1.807, 2.05) is 30.3 Å². The van der Waals surface area contributed by atoms with Crippen molar-refractivity contribution in [2.24, 2.45) is 0 Å². The molecule has 29 heavy (non-hydrogen) atoms. The Bertz CT molecular complexity index is 1060. The Morgan fingerprint density at radius 3 is 2.62 bits per heavy atom. The Morgan fingerprint density at radius 2 is 1.90 bits per heavy atom. The van der Waals surface area contributed by atoms with Crippen LogP contribution >= 0.6 is 23.4 Å². The minimum absolute atomic E-state index is 0.241. The molecule has 0 aliphatic carbocycles. The molecule has 8 heteroatoms. The fraction of sp³-hybridized carbons (Fsp3) is 0.190. The van der Waals surface area contributed by atoms with E-state index in [1.165, 1.54) is 17.8 Å². The van der Waals surface area contributed by atoms with Crippen LogP contribution in [0.1, 0.15) is 12.5 Å². The van der Waals surface area contributed by atoms with Crippen molar-refractivity contribution < 1.29 is 4.79 Å². The van der Waals surface area contributed by atoms with Crippen LogP contribution in [-0.4, -0.2) is 20.7 Å². The summed E-state index contributed by atoms with van der Waals surface area (Å²) in [6.07, 6.45) is 0.726. The van der Waals surface area contributed by atoms with E-state index >= 15 is 0 Å². The molecule has 3 rings (SSSR count). The van der Waals surface area contributed by atoms with E-state index in [0.717, 1.165) is 12.0 Å². The third-order valence-electron chi connectivity index (χ3n) is 4.27. The maximum Gasteiger partial charge on any atom is 0.275 e. The molecule has 0 spiro atoms. The van der Waals surface area contributed by atoms with Crippen molar-refractivity contribution in [1.82, 2.24) is 9.55 Å². The van der Waals surface area contributed by atoms with Gasteiger partial charge in [-0.15, -0.1) is 0 Å². The second kappa shape index (κ2) is 9.62. The van der Waals surface area contributed by atoms with Crippen LogP contribution in [0, 0.1) is 0 Å². The van der Waals surface area contributed by atoms with Gasteiger partial charge in [-0.3, -0.25) is 9.59 Å². The van der Waals surface area contributed by atoms with Gasteiger partial charge in [-0.25, -0.2) is 0 Å². The van der Waals surface area contributed by atoms with Crippen molar-refractivity contribution in [3.63, 3.8) is 0 Å². The Kier molecular flexibility index (Phi) is 6.95. The third kappa shape index (κ3) is 5.62. The number of benzene rings is 2. The summed E-state index contributed by atoms with van der Waals surface area (Å²) >= 11 is 7.29. The number of aromatic nitrogens is 2. The summed E-state index contributed by atoms with van der Waals surface area (Å²) in [6.45, 7) is 2.29. The number of hydrogen-bond donors (Lipinski definition) is 2. The van der Waals surface area contributed by atoms with E-state index < -0.39 is 10.8 Å². The van der Waals surface area contributed by atoms with E-state index in [1.54, 1.807) is 35.8 Å². The van der Waals surface area contributed by atoms with Crippen LogP contribution in [0.25, 0.3) is 0 Å². The van der Waals surface area contributed by atoms with Crippen LogP contribution in [-0.2, 0) is 17.8 Å². The number of rotatable bonds is 7. The number of hydrogen-bond acceptors (Lipinski definition) is 5. The highest BCUT2D eigenvalue weighted by Crippen LogP contribution is 2.26. The lowest BCUT2D eigenvalue weighted by Crippen LogP contribution is -2.25. The number of nitrogens with two attached hydrogens (primary N) is 1. The summed E-state index contributed by atoms with van der Waals surface area (Å²) < 4.78 is 1.76. The Hall–Kier alpha value is -2.77. The zero-order valence-electron chi connectivity index (χ0n) is 15.8. The molecule has 0 aliphatic heterocycles. The molecule has 0 saturated heterocycles. The van der Waals surface area contributed by atoms with Crippen LogP contribution in [0.2, 0.25) is 5.02 Å². The van der Waals surface area contributed by atoms with Gasteiger partial charge >= 0.3 is 0 Å². The van der Waals surface area contributed by atoms with Crippen molar-refractivity contribution in [3.05, 3.63) is 81.6 Å². The molecular formula is C21H21ClN4O2S. The van der Waals surface area contributed by atoms with Crippen LogP contribution in [0.3, 0.4) is 0 Å². The minimum Gasteiger partial charge on any atom is -0.385 e. The Labute approximate surface area is 178 Å². The molecule has 1 amide bonds. The molecule has 3 N–H and O–H groups in total. The zero-order chi connectivity index (χ0) is 20.8. The highest BCUT2D eigenvalue weighted by atomic mass is 35.5. The Balaban J connectivity index is 1.76. The number of amides is 1. The molecule has 1 atom stereocenters. The van der Waals surface area contributed by atoms with Gasteiger partial charge in [0.2, 0.25) is 5.91 Å². The van der Waals surface area contributed by atoms with Gasteiger partial charge in [-0.1, -0.05) is 65.8 Å². The molecular weight excluding hydrogens is 408 g/mol. The summed E-state index contributed by atoms with van der Waals surface area (Å²) in [5.74, 6) is 0.0801. The first-order chi connectivity index (χ1) is 13.9. The molecule has 0 aliphatic rings. The lowest BCUT2D eigenvalue weighted by atomic mass is 10.1. The smallest absolute Gasteiger partial charge is 0.275 e. The number of carbonyl (C=O) groups excluding carboxylic acids is 1. The second-order valence-corrected chi connectivity index (χ2v) is 8.13. The van der Waals surface area contributed by atoms with E-state index in [2.05, 4.69) is 10.3 Å². The summed E-state index contributed by atoms with van der Waals surface area (Å²) in [7, 11) is 0. The molecule has 3 aromatic rings. The molecule has 0 unspecified atom stereocenters. The van der Waals surface area contributed by atoms with E-state index in [4.69, 9.17) is 17.3 Å². The lowest BCUT2D eigenvalue weighted by molar-refractivity contribution is -0.115.